The third-order valence-electron chi connectivity index (χ3n) is 5.94. The van der Waals surface area contributed by atoms with Crippen molar-refractivity contribution in [3.8, 4) is 0 Å². The van der Waals surface area contributed by atoms with Crippen molar-refractivity contribution in [3.63, 3.8) is 0 Å². The number of rotatable bonds is 5. The highest BCUT2D eigenvalue weighted by Gasteiger charge is 2.37. The molecule has 3 aromatic carbocycles. The number of fused-ring (bicyclic) bond motifs is 1. The zero-order chi connectivity index (χ0) is 22.5. The van der Waals surface area contributed by atoms with Crippen LogP contribution < -0.4 is 4.90 Å². The van der Waals surface area contributed by atoms with Gasteiger partial charge in [0.25, 0.3) is 0 Å². The number of benzene rings is 3. The third-order valence-corrected chi connectivity index (χ3v) is 5.94. The van der Waals surface area contributed by atoms with E-state index in [2.05, 4.69) is 0 Å². The molecule has 0 radical (unpaired) electrons. The topological polar surface area (TPSA) is 49.9 Å². The van der Waals surface area contributed by atoms with Crippen LogP contribution in [-0.4, -0.2) is 22.9 Å². The zero-order valence-corrected chi connectivity index (χ0v) is 18.5. The number of nitrogens with zero attached hydrogens (tertiary/aromatic N) is 2. The number of amides is 2. The lowest BCUT2D eigenvalue weighted by molar-refractivity contribution is -0.132. The Bertz CT molecular complexity index is 1070. The molecule has 0 fully saturated rings. The van der Waals surface area contributed by atoms with Crippen LogP contribution in [0.3, 0.4) is 0 Å². The first-order valence-corrected chi connectivity index (χ1v) is 10.9. The van der Waals surface area contributed by atoms with Crippen molar-refractivity contribution in [3.05, 3.63) is 102 Å². The Labute approximate surface area is 189 Å². The van der Waals surface area contributed by atoms with Gasteiger partial charge in [-0.15, -0.1) is 0 Å². The quantitative estimate of drug-likeness (QED) is 0.523. The number of carbonyl (C=O) groups is 2. The molecule has 2 atom stereocenters. The van der Waals surface area contributed by atoms with E-state index in [4.69, 9.17) is 4.74 Å². The number of para-hydroxylation sites is 1. The summed E-state index contributed by atoms with van der Waals surface area (Å²) in [6.45, 7) is 4.37. The smallest absolute Gasteiger partial charge is 0.414 e. The van der Waals surface area contributed by atoms with E-state index in [9.17, 15) is 9.59 Å². The summed E-state index contributed by atoms with van der Waals surface area (Å²) in [7, 11) is 0. The first-order chi connectivity index (χ1) is 15.5. The first-order valence-electron chi connectivity index (χ1n) is 10.9. The van der Waals surface area contributed by atoms with Crippen LogP contribution in [-0.2, 0) is 22.7 Å². The molecule has 2 amide bonds. The monoisotopic (exact) mass is 428 g/mol. The summed E-state index contributed by atoms with van der Waals surface area (Å²) < 4.78 is 5.64. The summed E-state index contributed by atoms with van der Waals surface area (Å²) >= 11 is 0. The molecule has 164 valence electrons. The Balaban J connectivity index is 1.59. The minimum absolute atomic E-state index is 0.0148. The number of hydrogen-bond donors (Lipinski definition) is 0. The van der Waals surface area contributed by atoms with Gasteiger partial charge in [0.05, 0.1) is 11.7 Å². The second-order valence-electron chi connectivity index (χ2n) is 8.20. The fraction of sp³-hybridized carbons (Fsp3) is 0.259. The standard InChI is InChI=1S/C27H28N2O3/c1-20-17-26(28(21(2)30)18-22-11-5-3-6-12-22)24-15-9-10-16-25(24)29(20)27(31)32-19-23-13-7-4-8-14-23/h3-16,20,26H,17-19H2,1-2H3/t20-,26+/m0/s1. The van der Waals surface area contributed by atoms with E-state index in [-0.39, 0.29) is 30.7 Å². The molecule has 1 aliphatic heterocycles. The fourth-order valence-electron chi connectivity index (χ4n) is 4.36. The second kappa shape index (κ2) is 9.69. The van der Waals surface area contributed by atoms with Gasteiger partial charge in [0.1, 0.15) is 6.61 Å². The van der Waals surface area contributed by atoms with E-state index in [0.29, 0.717) is 13.0 Å². The second-order valence-corrected chi connectivity index (χ2v) is 8.20. The van der Waals surface area contributed by atoms with Gasteiger partial charge in [-0.3, -0.25) is 9.69 Å². The van der Waals surface area contributed by atoms with Gasteiger partial charge >= 0.3 is 6.09 Å². The molecule has 0 saturated carbocycles. The van der Waals surface area contributed by atoms with Gasteiger partial charge in [0, 0.05) is 19.5 Å². The van der Waals surface area contributed by atoms with Gasteiger partial charge in [0.2, 0.25) is 5.91 Å². The third kappa shape index (κ3) is 4.67. The van der Waals surface area contributed by atoms with E-state index in [0.717, 1.165) is 22.4 Å². The summed E-state index contributed by atoms with van der Waals surface area (Å²) in [5.41, 5.74) is 3.79. The van der Waals surface area contributed by atoms with Crippen LogP contribution in [0.15, 0.2) is 84.9 Å². The number of anilines is 1. The van der Waals surface area contributed by atoms with Crippen LogP contribution >= 0.6 is 0 Å². The van der Waals surface area contributed by atoms with Crippen molar-refractivity contribution in [1.29, 1.82) is 0 Å². The van der Waals surface area contributed by atoms with Crippen LogP contribution in [0.4, 0.5) is 10.5 Å². The zero-order valence-electron chi connectivity index (χ0n) is 18.5. The van der Waals surface area contributed by atoms with E-state index in [1.54, 1.807) is 11.8 Å². The SMILES string of the molecule is CC(=O)N(Cc1ccccc1)[C@@H]1C[C@H](C)N(C(=O)OCc2ccccc2)c2ccccc21. The van der Waals surface area contributed by atoms with Crippen LogP contribution in [0.25, 0.3) is 0 Å². The van der Waals surface area contributed by atoms with Gasteiger partial charge < -0.3 is 9.64 Å². The average molecular weight is 429 g/mol. The Kier molecular flexibility index (Phi) is 6.55. The molecular formula is C27H28N2O3. The fourth-order valence-corrected chi connectivity index (χ4v) is 4.36. The molecule has 4 rings (SSSR count). The predicted octanol–water partition coefficient (Wildman–Crippen LogP) is 5.71. The van der Waals surface area contributed by atoms with Crippen LogP contribution in [0, 0.1) is 0 Å². The summed E-state index contributed by atoms with van der Waals surface area (Å²) in [6.07, 6.45) is 0.272. The minimum Gasteiger partial charge on any atom is -0.444 e. The molecule has 0 bridgehead atoms. The van der Waals surface area contributed by atoms with Gasteiger partial charge in [-0.25, -0.2) is 4.79 Å². The highest BCUT2D eigenvalue weighted by atomic mass is 16.6. The van der Waals surface area contributed by atoms with Crippen molar-refractivity contribution in [2.24, 2.45) is 0 Å². The largest absolute Gasteiger partial charge is 0.444 e. The lowest BCUT2D eigenvalue weighted by Crippen LogP contribution is -2.47. The van der Waals surface area contributed by atoms with Crippen LogP contribution in [0.1, 0.15) is 43.0 Å². The molecule has 32 heavy (non-hydrogen) atoms. The van der Waals surface area contributed by atoms with Crippen molar-refractivity contribution in [2.75, 3.05) is 4.90 Å². The molecule has 3 aromatic rings. The highest BCUT2D eigenvalue weighted by Crippen LogP contribution is 2.41. The van der Waals surface area contributed by atoms with Crippen molar-refractivity contribution >= 4 is 17.7 Å². The molecule has 0 spiro atoms. The van der Waals surface area contributed by atoms with Crippen molar-refractivity contribution < 1.29 is 14.3 Å². The first kappa shape index (κ1) is 21.6. The molecule has 1 aliphatic rings. The molecule has 0 N–H and O–H groups in total. The van der Waals surface area contributed by atoms with Gasteiger partial charge in [-0.2, -0.15) is 0 Å². The number of ether oxygens (including phenoxy) is 1. The maximum absolute atomic E-state index is 13.1. The maximum atomic E-state index is 13.1. The normalized spacial score (nSPS) is 17.4. The Morgan fingerprint density at radius 2 is 1.50 bits per heavy atom. The molecule has 1 heterocycles. The number of hydrogen-bond acceptors (Lipinski definition) is 3. The summed E-state index contributed by atoms with van der Waals surface area (Å²) in [6, 6.07) is 27.2. The average Bonchev–Trinajstić information content (AvgIpc) is 2.82. The van der Waals surface area contributed by atoms with E-state index >= 15 is 0 Å². The molecule has 0 unspecified atom stereocenters. The Morgan fingerprint density at radius 3 is 2.16 bits per heavy atom. The minimum atomic E-state index is -0.371. The van der Waals surface area contributed by atoms with Crippen molar-refractivity contribution in [1.82, 2.24) is 4.90 Å². The summed E-state index contributed by atoms with van der Waals surface area (Å²) in [5.74, 6) is 0.0148. The molecular weight excluding hydrogens is 400 g/mol. The lowest BCUT2D eigenvalue weighted by Gasteiger charge is -2.42. The lowest BCUT2D eigenvalue weighted by atomic mass is 9.90. The summed E-state index contributed by atoms with van der Waals surface area (Å²) in [5, 5.41) is 0. The maximum Gasteiger partial charge on any atom is 0.414 e. The van der Waals surface area contributed by atoms with Gasteiger partial charge in [0.15, 0.2) is 0 Å². The van der Waals surface area contributed by atoms with E-state index in [1.165, 1.54) is 0 Å². The predicted molar refractivity (Wildman–Crippen MR) is 125 cm³/mol. The van der Waals surface area contributed by atoms with E-state index < -0.39 is 0 Å². The molecule has 0 aliphatic carbocycles. The Hall–Kier alpha value is -3.60. The molecule has 5 nitrogen and oxygen atoms in total. The summed E-state index contributed by atoms with van der Waals surface area (Å²) in [4.78, 5) is 29.3. The molecule has 5 heteroatoms. The Morgan fingerprint density at radius 1 is 0.906 bits per heavy atom. The van der Waals surface area contributed by atoms with Gasteiger partial charge in [-0.05, 0) is 36.1 Å². The molecule has 0 aromatic heterocycles. The van der Waals surface area contributed by atoms with Crippen molar-refractivity contribution in [2.45, 2.75) is 45.5 Å². The molecule has 0 saturated heterocycles. The highest BCUT2D eigenvalue weighted by molar-refractivity contribution is 5.90. The van der Waals surface area contributed by atoms with Crippen LogP contribution in [0.5, 0.6) is 0 Å². The van der Waals surface area contributed by atoms with Gasteiger partial charge in [-0.1, -0.05) is 78.9 Å². The van der Waals surface area contributed by atoms with E-state index in [1.807, 2.05) is 96.8 Å². The van der Waals surface area contributed by atoms with Crippen LogP contribution in [0.2, 0.25) is 0 Å². The number of carbonyl (C=O) groups excluding carboxylic acids is 2.